The zero-order valence-electron chi connectivity index (χ0n) is 12.4. The van der Waals surface area contributed by atoms with Crippen molar-refractivity contribution in [2.24, 2.45) is 4.99 Å². The fraction of sp³-hybridized carbons (Fsp3) is 0.846. The second-order valence-electron chi connectivity index (χ2n) is 6.44. The third-order valence-electron chi connectivity index (χ3n) is 3.34. The van der Waals surface area contributed by atoms with Gasteiger partial charge in [0, 0.05) is 6.54 Å². The van der Waals surface area contributed by atoms with Gasteiger partial charge in [-0.3, -0.25) is 9.89 Å². The molecule has 0 spiro atoms. The molecule has 8 heteroatoms. The normalized spacial score (nSPS) is 21.6. The van der Waals surface area contributed by atoms with Gasteiger partial charge in [0.2, 0.25) is 0 Å². The Bertz CT molecular complexity index is 451. The van der Waals surface area contributed by atoms with E-state index in [1.165, 1.54) is 4.90 Å². The second-order valence-corrected chi connectivity index (χ2v) is 6.44. The number of halogens is 3. The fourth-order valence-corrected chi connectivity index (χ4v) is 2.06. The number of aliphatic imine (C=N–C) groups is 1. The van der Waals surface area contributed by atoms with Gasteiger partial charge in [-0.2, -0.15) is 13.2 Å². The summed E-state index contributed by atoms with van der Waals surface area (Å²) in [6.45, 7) is 5.86. The lowest BCUT2D eigenvalue weighted by molar-refractivity contribution is -0.161. The molecule has 2 aliphatic rings. The highest BCUT2D eigenvalue weighted by molar-refractivity contribution is 5.88. The lowest BCUT2D eigenvalue weighted by Crippen LogP contribution is -2.54. The van der Waals surface area contributed by atoms with Crippen LogP contribution in [0.4, 0.5) is 18.0 Å². The molecule has 0 aromatic rings. The molecule has 0 atom stereocenters. The number of hydrogen-bond donors (Lipinski definition) is 1. The van der Waals surface area contributed by atoms with Crippen molar-refractivity contribution in [3.63, 3.8) is 0 Å². The van der Waals surface area contributed by atoms with Crippen LogP contribution in [0.3, 0.4) is 0 Å². The van der Waals surface area contributed by atoms with Crippen molar-refractivity contribution in [1.29, 1.82) is 0 Å². The van der Waals surface area contributed by atoms with Gasteiger partial charge in [0.05, 0.1) is 13.1 Å². The molecule has 5 nitrogen and oxygen atoms in total. The molecular weight excluding hydrogens is 287 g/mol. The van der Waals surface area contributed by atoms with Crippen molar-refractivity contribution in [2.75, 3.05) is 19.6 Å². The van der Waals surface area contributed by atoms with Crippen molar-refractivity contribution in [2.45, 2.75) is 50.9 Å². The van der Waals surface area contributed by atoms with Gasteiger partial charge in [0.15, 0.2) is 0 Å². The number of ether oxygens (including phenoxy) is 1. The van der Waals surface area contributed by atoms with E-state index in [2.05, 4.69) is 10.3 Å². The SMILES string of the molecule is CC(C)(C)OC(=O)N1CCN=C(NC2(C(F)(F)F)CC2)C1. The van der Waals surface area contributed by atoms with Crippen molar-refractivity contribution in [3.05, 3.63) is 0 Å². The number of carbonyl (C=O) groups is 1. The summed E-state index contributed by atoms with van der Waals surface area (Å²) in [5.41, 5.74) is -2.49. The number of rotatable bonds is 1. The number of amides is 1. The summed E-state index contributed by atoms with van der Waals surface area (Å²) in [4.78, 5) is 17.4. The zero-order chi connectivity index (χ0) is 15.9. The molecule has 0 saturated heterocycles. The van der Waals surface area contributed by atoms with Crippen LogP contribution in [-0.4, -0.2) is 53.8 Å². The molecule has 0 bridgehead atoms. The van der Waals surface area contributed by atoms with Crippen molar-refractivity contribution < 1.29 is 22.7 Å². The van der Waals surface area contributed by atoms with Gasteiger partial charge >= 0.3 is 12.3 Å². The van der Waals surface area contributed by atoms with E-state index in [0.717, 1.165) is 0 Å². The van der Waals surface area contributed by atoms with Crippen LogP contribution < -0.4 is 5.32 Å². The van der Waals surface area contributed by atoms with Gasteiger partial charge in [0.1, 0.15) is 17.0 Å². The first kappa shape index (κ1) is 15.9. The Kier molecular flexibility index (Phi) is 3.84. The Morgan fingerprint density at radius 3 is 2.43 bits per heavy atom. The van der Waals surface area contributed by atoms with Crippen LogP contribution >= 0.6 is 0 Å². The van der Waals surface area contributed by atoms with Crippen LogP contribution in [0.25, 0.3) is 0 Å². The molecule has 2 rings (SSSR count). The molecular formula is C13H20F3N3O2. The van der Waals surface area contributed by atoms with Gasteiger partial charge < -0.3 is 10.1 Å². The number of nitrogens with one attached hydrogen (secondary N) is 1. The molecule has 1 fully saturated rings. The van der Waals surface area contributed by atoms with E-state index in [4.69, 9.17) is 4.74 Å². The summed E-state index contributed by atoms with van der Waals surface area (Å²) >= 11 is 0. The minimum absolute atomic E-state index is 0.0206. The molecule has 0 aromatic heterocycles. The summed E-state index contributed by atoms with van der Waals surface area (Å²) in [5.74, 6) is 0.196. The maximum absolute atomic E-state index is 12.9. The summed E-state index contributed by atoms with van der Waals surface area (Å²) in [6.07, 6.45) is -4.75. The topological polar surface area (TPSA) is 53.9 Å². The average Bonchev–Trinajstić information content (AvgIpc) is 3.07. The minimum Gasteiger partial charge on any atom is -0.444 e. The van der Waals surface area contributed by atoms with Gasteiger partial charge in [-0.25, -0.2) is 4.79 Å². The Morgan fingerprint density at radius 2 is 1.95 bits per heavy atom. The summed E-state index contributed by atoms with van der Waals surface area (Å²) in [6, 6.07) is 0. The molecule has 1 N–H and O–H groups in total. The number of carbonyl (C=O) groups excluding carboxylic acids is 1. The largest absolute Gasteiger partial charge is 0.444 e. The van der Waals surface area contributed by atoms with E-state index < -0.39 is 23.4 Å². The van der Waals surface area contributed by atoms with Crippen molar-refractivity contribution in [1.82, 2.24) is 10.2 Å². The fourth-order valence-electron chi connectivity index (χ4n) is 2.06. The monoisotopic (exact) mass is 307 g/mol. The highest BCUT2D eigenvalue weighted by Crippen LogP contribution is 2.48. The second kappa shape index (κ2) is 5.06. The van der Waals surface area contributed by atoms with E-state index in [1.54, 1.807) is 20.8 Å². The Hall–Kier alpha value is -1.47. The maximum Gasteiger partial charge on any atom is 0.411 e. The molecule has 0 aromatic carbocycles. The number of alkyl halides is 3. The first-order chi connectivity index (χ1) is 9.52. The Labute approximate surface area is 121 Å². The quantitative estimate of drug-likeness (QED) is 0.809. The number of hydrogen-bond acceptors (Lipinski definition) is 4. The number of nitrogens with zero attached hydrogens (tertiary/aromatic N) is 2. The molecule has 120 valence electrons. The van der Waals surface area contributed by atoms with Gasteiger partial charge in [-0.1, -0.05) is 0 Å². The highest BCUT2D eigenvalue weighted by Gasteiger charge is 2.64. The first-order valence-electron chi connectivity index (χ1n) is 6.89. The van der Waals surface area contributed by atoms with Gasteiger partial charge in [0.25, 0.3) is 0 Å². The minimum atomic E-state index is -4.30. The maximum atomic E-state index is 12.9. The lowest BCUT2D eigenvalue weighted by Gasteiger charge is -2.31. The van der Waals surface area contributed by atoms with Crippen LogP contribution in [0.1, 0.15) is 33.6 Å². The number of amidine groups is 1. The van der Waals surface area contributed by atoms with E-state index in [1.807, 2.05) is 0 Å². The van der Waals surface area contributed by atoms with Crippen LogP contribution in [0.15, 0.2) is 4.99 Å². The van der Waals surface area contributed by atoms with Crippen molar-refractivity contribution >= 4 is 11.9 Å². The van der Waals surface area contributed by atoms with Crippen LogP contribution in [0, 0.1) is 0 Å². The van der Waals surface area contributed by atoms with Crippen molar-refractivity contribution in [3.8, 4) is 0 Å². The van der Waals surface area contributed by atoms with E-state index in [-0.39, 0.29) is 31.8 Å². The Balaban J connectivity index is 1.96. The molecule has 0 unspecified atom stereocenters. The first-order valence-corrected chi connectivity index (χ1v) is 6.89. The van der Waals surface area contributed by atoms with Gasteiger partial charge in [-0.15, -0.1) is 0 Å². The molecule has 0 radical (unpaired) electrons. The molecule has 1 heterocycles. The van der Waals surface area contributed by atoms with Crippen LogP contribution in [0.2, 0.25) is 0 Å². The summed E-state index contributed by atoms with van der Waals surface area (Å²) < 4.78 is 43.9. The molecule has 1 amide bonds. The smallest absolute Gasteiger partial charge is 0.411 e. The van der Waals surface area contributed by atoms with E-state index in [0.29, 0.717) is 6.54 Å². The molecule has 1 saturated carbocycles. The third-order valence-corrected chi connectivity index (χ3v) is 3.34. The zero-order valence-corrected chi connectivity index (χ0v) is 12.4. The molecule has 1 aliphatic carbocycles. The molecule has 1 aliphatic heterocycles. The van der Waals surface area contributed by atoms with E-state index >= 15 is 0 Å². The third kappa shape index (κ3) is 3.79. The van der Waals surface area contributed by atoms with E-state index in [9.17, 15) is 18.0 Å². The van der Waals surface area contributed by atoms with Crippen LogP contribution in [0.5, 0.6) is 0 Å². The highest BCUT2D eigenvalue weighted by atomic mass is 19.4. The Morgan fingerprint density at radius 1 is 1.33 bits per heavy atom. The molecule has 21 heavy (non-hydrogen) atoms. The summed E-state index contributed by atoms with van der Waals surface area (Å²) in [5, 5.41) is 2.47. The van der Waals surface area contributed by atoms with Gasteiger partial charge in [-0.05, 0) is 33.6 Å². The predicted octanol–water partition coefficient (Wildman–Crippen LogP) is 2.32. The average molecular weight is 307 g/mol. The summed E-state index contributed by atoms with van der Waals surface area (Å²) in [7, 11) is 0. The van der Waals surface area contributed by atoms with Crippen LogP contribution in [-0.2, 0) is 4.74 Å². The standard InChI is InChI=1S/C13H20F3N3O2/c1-11(2,3)21-10(20)19-7-6-17-9(8-19)18-12(4-5-12)13(14,15)16/h4-8H2,1-3H3,(H,17,18). The lowest BCUT2D eigenvalue weighted by atomic mass is 10.2. The predicted molar refractivity (Wildman–Crippen MR) is 71.3 cm³/mol.